The molecule has 108 valence electrons. The number of thiophene rings is 1. The summed E-state index contributed by atoms with van der Waals surface area (Å²) >= 11 is 7.23. The molecule has 1 aromatic carbocycles. The normalized spacial score (nSPS) is 12.0. The van der Waals surface area contributed by atoms with Gasteiger partial charge in [-0.1, -0.05) is 30.3 Å². The van der Waals surface area contributed by atoms with Crippen LogP contribution in [0.4, 0.5) is 0 Å². The van der Waals surface area contributed by atoms with Crippen molar-refractivity contribution in [3.63, 3.8) is 0 Å². The molecule has 0 saturated carbocycles. The average molecular weight is 330 g/mol. The van der Waals surface area contributed by atoms with E-state index in [9.17, 15) is 8.42 Å². The molecule has 0 amide bonds. The highest BCUT2D eigenvalue weighted by Gasteiger charge is 2.27. The van der Waals surface area contributed by atoms with Crippen molar-refractivity contribution >= 4 is 33.0 Å². The number of hydrogen-bond donors (Lipinski definition) is 0. The lowest BCUT2D eigenvalue weighted by molar-refractivity contribution is 0.466. The fourth-order valence-corrected chi connectivity index (χ4v) is 5.17. The Morgan fingerprint density at radius 2 is 1.90 bits per heavy atom. The van der Waals surface area contributed by atoms with Crippen LogP contribution in [0.5, 0.6) is 0 Å². The van der Waals surface area contributed by atoms with Gasteiger partial charge in [-0.25, -0.2) is 8.42 Å². The zero-order chi connectivity index (χ0) is 14.8. The van der Waals surface area contributed by atoms with Crippen molar-refractivity contribution in [3.05, 3.63) is 51.7 Å². The van der Waals surface area contributed by atoms with Gasteiger partial charge in [0.05, 0.1) is 5.88 Å². The molecule has 0 aliphatic rings. The molecule has 0 spiro atoms. The summed E-state index contributed by atoms with van der Waals surface area (Å²) < 4.78 is 26.7. The van der Waals surface area contributed by atoms with Crippen LogP contribution in [-0.2, 0) is 22.4 Å². The summed E-state index contributed by atoms with van der Waals surface area (Å²) in [5.41, 5.74) is 1.71. The molecule has 0 fully saturated rings. The molecule has 2 rings (SSSR count). The Morgan fingerprint density at radius 3 is 2.50 bits per heavy atom. The third kappa shape index (κ3) is 3.06. The Kier molecular flexibility index (Phi) is 4.86. The van der Waals surface area contributed by atoms with Gasteiger partial charge >= 0.3 is 0 Å². The Bertz CT molecular complexity index is 680. The van der Waals surface area contributed by atoms with E-state index in [1.807, 2.05) is 35.7 Å². The third-order valence-corrected chi connectivity index (χ3v) is 6.72. The first-order valence-electron chi connectivity index (χ1n) is 6.10. The maximum absolute atomic E-state index is 12.7. The first-order valence-corrected chi connectivity index (χ1v) is 8.95. The van der Waals surface area contributed by atoms with Gasteiger partial charge in [-0.15, -0.1) is 22.9 Å². The molecule has 20 heavy (non-hydrogen) atoms. The highest BCUT2D eigenvalue weighted by Crippen LogP contribution is 2.30. The highest BCUT2D eigenvalue weighted by molar-refractivity contribution is 7.89. The van der Waals surface area contributed by atoms with E-state index < -0.39 is 10.0 Å². The Hall–Kier alpha value is -0.880. The van der Waals surface area contributed by atoms with E-state index in [4.69, 9.17) is 11.6 Å². The predicted octanol–water partition coefficient (Wildman–Crippen LogP) is 3.62. The van der Waals surface area contributed by atoms with E-state index in [0.717, 1.165) is 11.1 Å². The number of rotatable bonds is 5. The van der Waals surface area contributed by atoms with Gasteiger partial charge in [-0.3, -0.25) is 0 Å². The lowest BCUT2D eigenvalue weighted by Crippen LogP contribution is -2.27. The van der Waals surface area contributed by atoms with Crippen LogP contribution in [0.2, 0.25) is 0 Å². The van der Waals surface area contributed by atoms with Gasteiger partial charge in [0.1, 0.15) is 4.90 Å². The second kappa shape index (κ2) is 6.26. The van der Waals surface area contributed by atoms with E-state index in [1.165, 1.54) is 15.6 Å². The lowest BCUT2D eigenvalue weighted by Gasteiger charge is -2.18. The SMILES string of the molecule is Cc1csc(CCl)c1S(=O)(=O)N(C)Cc1ccccc1. The average Bonchev–Trinajstić information content (AvgIpc) is 2.81. The smallest absolute Gasteiger partial charge is 0.207 e. The molecule has 1 heterocycles. The van der Waals surface area contributed by atoms with Gasteiger partial charge in [0.2, 0.25) is 10.0 Å². The van der Waals surface area contributed by atoms with Gasteiger partial charge in [0, 0.05) is 18.5 Å². The summed E-state index contributed by atoms with van der Waals surface area (Å²) in [6, 6.07) is 9.53. The number of nitrogens with zero attached hydrogens (tertiary/aromatic N) is 1. The maximum Gasteiger partial charge on any atom is 0.244 e. The number of sulfonamides is 1. The summed E-state index contributed by atoms with van der Waals surface area (Å²) in [7, 11) is -1.91. The topological polar surface area (TPSA) is 37.4 Å². The molecule has 2 aromatic rings. The van der Waals surface area contributed by atoms with E-state index in [0.29, 0.717) is 16.3 Å². The van der Waals surface area contributed by atoms with Crippen molar-refractivity contribution in [2.75, 3.05) is 7.05 Å². The largest absolute Gasteiger partial charge is 0.244 e. The fraction of sp³-hybridized carbons (Fsp3) is 0.286. The summed E-state index contributed by atoms with van der Waals surface area (Å²) in [6.07, 6.45) is 0. The zero-order valence-corrected chi connectivity index (χ0v) is 13.7. The van der Waals surface area contributed by atoms with Crippen LogP contribution >= 0.6 is 22.9 Å². The minimum atomic E-state index is -3.51. The fourth-order valence-electron chi connectivity index (χ4n) is 2.01. The van der Waals surface area contributed by atoms with E-state index in [-0.39, 0.29) is 5.88 Å². The van der Waals surface area contributed by atoms with Gasteiger partial charge in [-0.2, -0.15) is 4.31 Å². The highest BCUT2D eigenvalue weighted by atomic mass is 35.5. The number of halogens is 1. The van der Waals surface area contributed by atoms with Crippen molar-refractivity contribution < 1.29 is 8.42 Å². The number of hydrogen-bond acceptors (Lipinski definition) is 3. The van der Waals surface area contributed by atoms with Crippen molar-refractivity contribution in [2.45, 2.75) is 24.2 Å². The van der Waals surface area contributed by atoms with Gasteiger partial charge < -0.3 is 0 Å². The van der Waals surface area contributed by atoms with Crippen LogP contribution in [0.1, 0.15) is 16.0 Å². The van der Waals surface area contributed by atoms with Crippen LogP contribution in [0.15, 0.2) is 40.6 Å². The van der Waals surface area contributed by atoms with E-state index in [2.05, 4.69) is 0 Å². The second-order valence-corrected chi connectivity index (χ2v) is 7.76. The van der Waals surface area contributed by atoms with E-state index >= 15 is 0 Å². The summed E-state index contributed by atoms with van der Waals surface area (Å²) in [4.78, 5) is 1.06. The minimum absolute atomic E-state index is 0.215. The molecule has 0 aliphatic heterocycles. The standard InChI is InChI=1S/C14H16ClNO2S2/c1-11-10-19-13(8-15)14(11)20(17,18)16(2)9-12-6-4-3-5-7-12/h3-7,10H,8-9H2,1-2H3. The monoisotopic (exact) mass is 329 g/mol. The minimum Gasteiger partial charge on any atom is -0.207 e. The van der Waals surface area contributed by atoms with Crippen molar-refractivity contribution in [1.29, 1.82) is 0 Å². The molecule has 3 nitrogen and oxygen atoms in total. The second-order valence-electron chi connectivity index (χ2n) is 4.55. The van der Waals surface area contributed by atoms with Gasteiger partial charge in [0.25, 0.3) is 0 Å². The molecule has 0 atom stereocenters. The number of benzene rings is 1. The van der Waals surface area contributed by atoms with Crippen LogP contribution in [-0.4, -0.2) is 19.8 Å². The molecule has 1 aromatic heterocycles. The Morgan fingerprint density at radius 1 is 1.25 bits per heavy atom. The van der Waals surface area contributed by atoms with Crippen LogP contribution in [0.3, 0.4) is 0 Å². The number of alkyl halides is 1. The Labute approximate surface area is 128 Å². The number of aryl methyl sites for hydroxylation is 1. The van der Waals surface area contributed by atoms with Gasteiger partial charge in [0.15, 0.2) is 0 Å². The quantitative estimate of drug-likeness (QED) is 0.786. The molecule has 0 radical (unpaired) electrons. The lowest BCUT2D eigenvalue weighted by atomic mass is 10.2. The summed E-state index contributed by atoms with van der Waals surface area (Å²) in [5, 5.41) is 1.83. The third-order valence-electron chi connectivity index (χ3n) is 3.03. The van der Waals surface area contributed by atoms with Crippen LogP contribution in [0.25, 0.3) is 0 Å². The molecule has 6 heteroatoms. The molecule has 0 saturated heterocycles. The van der Waals surface area contributed by atoms with Crippen molar-refractivity contribution in [1.82, 2.24) is 4.31 Å². The molecular formula is C14H16ClNO2S2. The van der Waals surface area contributed by atoms with Gasteiger partial charge in [-0.05, 0) is 23.4 Å². The van der Waals surface area contributed by atoms with Crippen molar-refractivity contribution in [2.24, 2.45) is 0 Å². The molecule has 0 N–H and O–H groups in total. The van der Waals surface area contributed by atoms with Crippen LogP contribution in [0, 0.1) is 6.92 Å². The van der Waals surface area contributed by atoms with Crippen molar-refractivity contribution in [3.8, 4) is 0 Å². The summed E-state index contributed by atoms with van der Waals surface area (Å²) in [6.45, 7) is 2.15. The summed E-state index contributed by atoms with van der Waals surface area (Å²) in [5.74, 6) is 0.215. The predicted molar refractivity (Wildman–Crippen MR) is 83.7 cm³/mol. The van der Waals surface area contributed by atoms with Crippen LogP contribution < -0.4 is 0 Å². The molecular weight excluding hydrogens is 314 g/mol. The molecule has 0 aliphatic carbocycles. The van der Waals surface area contributed by atoms with E-state index in [1.54, 1.807) is 14.0 Å². The zero-order valence-electron chi connectivity index (χ0n) is 11.3. The Balaban J connectivity index is 2.32. The maximum atomic E-state index is 12.7. The molecule has 0 unspecified atom stereocenters. The molecule has 0 bridgehead atoms. The first kappa shape index (κ1) is 15.5. The first-order chi connectivity index (χ1) is 9.46.